The summed E-state index contributed by atoms with van der Waals surface area (Å²) in [4.78, 5) is 4.69. The Morgan fingerprint density at radius 3 is 2.47 bits per heavy atom. The van der Waals surface area contributed by atoms with E-state index in [2.05, 4.69) is 25.8 Å². The van der Waals surface area contributed by atoms with E-state index in [0.29, 0.717) is 11.3 Å². The van der Waals surface area contributed by atoms with Gasteiger partial charge in [0.25, 0.3) is 0 Å². The summed E-state index contributed by atoms with van der Waals surface area (Å²) in [6.45, 7) is 6.21. The second-order valence-corrected chi connectivity index (χ2v) is 7.66. The molecule has 2 rings (SSSR count). The van der Waals surface area contributed by atoms with Crippen molar-refractivity contribution in [3.8, 4) is 0 Å². The molecule has 1 nitrogen and oxygen atoms in total. The molecule has 0 N–H and O–H groups in total. The molecule has 110 valence electrons. The molecule has 0 radical (unpaired) electrons. The van der Waals surface area contributed by atoms with E-state index in [1.165, 1.54) is 44.2 Å². The van der Waals surface area contributed by atoms with Crippen molar-refractivity contribution in [2.75, 3.05) is 13.7 Å². The third kappa shape index (κ3) is 2.87. The van der Waals surface area contributed by atoms with Crippen molar-refractivity contribution < 1.29 is 4.39 Å². The molecule has 0 amide bonds. The van der Waals surface area contributed by atoms with E-state index in [4.69, 9.17) is 0 Å². The van der Waals surface area contributed by atoms with Crippen molar-refractivity contribution in [2.24, 2.45) is 27.7 Å². The van der Waals surface area contributed by atoms with Crippen molar-refractivity contribution in [1.29, 1.82) is 0 Å². The molecule has 19 heavy (non-hydrogen) atoms. The lowest BCUT2D eigenvalue weighted by molar-refractivity contribution is 0.114. The lowest BCUT2D eigenvalue weighted by Gasteiger charge is -2.52. The molecule has 0 saturated heterocycles. The predicted molar refractivity (Wildman–Crippen MR) is 80.5 cm³/mol. The van der Waals surface area contributed by atoms with E-state index in [1.54, 1.807) is 0 Å². The van der Waals surface area contributed by atoms with E-state index in [1.807, 2.05) is 7.05 Å². The Hall–Kier alpha value is -0.400. The number of hydrogen-bond donors (Lipinski definition) is 0. The molecular weight excluding hydrogens is 237 g/mol. The number of halogens is 1. The van der Waals surface area contributed by atoms with E-state index >= 15 is 0 Å². The summed E-state index contributed by atoms with van der Waals surface area (Å²) in [6.07, 6.45) is 8.80. The average molecular weight is 267 g/mol. The van der Waals surface area contributed by atoms with Crippen LogP contribution in [0.2, 0.25) is 0 Å². The Labute approximate surface area is 118 Å². The summed E-state index contributed by atoms with van der Waals surface area (Å²) in [7, 11) is 1.96. The van der Waals surface area contributed by atoms with Crippen molar-refractivity contribution in [3.63, 3.8) is 0 Å². The Morgan fingerprint density at radius 1 is 1.37 bits per heavy atom. The fraction of sp³-hybridized carbons (Fsp3) is 0.941. The van der Waals surface area contributed by atoms with Crippen molar-refractivity contribution in [2.45, 2.75) is 65.7 Å². The maximum Gasteiger partial charge on any atom is 0.0945 e. The van der Waals surface area contributed by atoms with Gasteiger partial charge in [-0.3, -0.25) is 9.38 Å². The quantitative estimate of drug-likeness (QED) is 0.676. The maximum absolute atomic E-state index is 13.2. The largest absolute Gasteiger partial charge is 0.297 e. The van der Waals surface area contributed by atoms with E-state index in [9.17, 15) is 4.39 Å². The highest BCUT2D eigenvalue weighted by Crippen LogP contribution is 2.55. The normalized spacial score (nSPS) is 32.6. The van der Waals surface area contributed by atoms with Gasteiger partial charge in [-0.25, -0.2) is 0 Å². The molecule has 2 aliphatic rings. The van der Waals surface area contributed by atoms with Gasteiger partial charge in [-0.05, 0) is 49.4 Å². The highest BCUT2D eigenvalue weighted by Gasteiger charge is 2.49. The highest BCUT2D eigenvalue weighted by molar-refractivity contribution is 5.93. The average Bonchev–Trinajstić information content (AvgIpc) is 2.35. The zero-order chi connectivity index (χ0) is 14.1. The number of alkyl halides is 1. The summed E-state index contributed by atoms with van der Waals surface area (Å²) in [5.74, 6) is 1.35. The minimum Gasteiger partial charge on any atom is -0.297 e. The van der Waals surface area contributed by atoms with E-state index < -0.39 is 0 Å². The Morgan fingerprint density at radius 2 is 2.05 bits per heavy atom. The highest BCUT2D eigenvalue weighted by atomic mass is 19.1. The molecule has 2 saturated carbocycles. The first-order valence-electron chi connectivity index (χ1n) is 7.99. The maximum atomic E-state index is 13.2. The van der Waals surface area contributed by atoms with Crippen LogP contribution >= 0.6 is 0 Å². The predicted octanol–water partition coefficient (Wildman–Crippen LogP) is 5.05. The molecule has 0 aromatic carbocycles. The van der Waals surface area contributed by atoms with Crippen LogP contribution in [0.1, 0.15) is 65.7 Å². The molecule has 0 aromatic rings. The van der Waals surface area contributed by atoms with Crippen LogP contribution in [0.3, 0.4) is 0 Å². The second-order valence-electron chi connectivity index (χ2n) is 7.66. The molecule has 0 aliphatic heterocycles. The van der Waals surface area contributed by atoms with Crippen molar-refractivity contribution in [1.82, 2.24) is 0 Å². The third-order valence-electron chi connectivity index (χ3n) is 5.52. The molecule has 2 aliphatic carbocycles. The first kappa shape index (κ1) is 15.0. The summed E-state index contributed by atoms with van der Waals surface area (Å²) in [5, 5.41) is 0. The minimum absolute atomic E-state index is 0.193. The fourth-order valence-corrected chi connectivity index (χ4v) is 4.38. The van der Waals surface area contributed by atoms with Crippen LogP contribution in [0.15, 0.2) is 4.99 Å². The topological polar surface area (TPSA) is 12.4 Å². The van der Waals surface area contributed by atoms with Gasteiger partial charge in [0.05, 0.1) is 6.67 Å². The van der Waals surface area contributed by atoms with Crippen LogP contribution < -0.4 is 0 Å². The molecule has 0 unspecified atom stereocenters. The monoisotopic (exact) mass is 267 g/mol. The van der Waals surface area contributed by atoms with Gasteiger partial charge in [0.2, 0.25) is 0 Å². The Kier molecular flexibility index (Phi) is 4.37. The van der Waals surface area contributed by atoms with Gasteiger partial charge in [0.15, 0.2) is 0 Å². The van der Waals surface area contributed by atoms with Crippen molar-refractivity contribution in [3.05, 3.63) is 0 Å². The van der Waals surface area contributed by atoms with E-state index in [0.717, 1.165) is 12.3 Å². The standard InChI is InChI=1S/C17H30FN/c1-5-13-9-14(11-16(2,3)12-18)15(19-4)17(10-13)7-6-8-17/h13-14H,5-12H2,1-4H3/t13-,14-/m0/s1. The Balaban J connectivity index is 2.19. The van der Waals surface area contributed by atoms with Gasteiger partial charge >= 0.3 is 0 Å². The SMILES string of the molecule is CC[C@H]1C[C@@H](CC(C)(C)CF)C(=NC)C2(CCC2)C1. The molecule has 0 heterocycles. The molecule has 2 atom stereocenters. The summed E-state index contributed by atoms with van der Waals surface area (Å²) in [6, 6.07) is 0. The van der Waals surface area contributed by atoms with Crippen LogP contribution in [-0.2, 0) is 0 Å². The molecule has 2 heteroatoms. The van der Waals surface area contributed by atoms with Gasteiger partial charge in [-0.15, -0.1) is 0 Å². The third-order valence-corrected chi connectivity index (χ3v) is 5.52. The zero-order valence-electron chi connectivity index (χ0n) is 13.1. The summed E-state index contributed by atoms with van der Waals surface area (Å²) in [5.41, 5.74) is 1.65. The number of rotatable bonds is 4. The van der Waals surface area contributed by atoms with Gasteiger partial charge < -0.3 is 0 Å². The molecule has 2 fully saturated rings. The minimum atomic E-state index is -0.218. The summed E-state index contributed by atoms with van der Waals surface area (Å²) >= 11 is 0. The zero-order valence-corrected chi connectivity index (χ0v) is 13.1. The van der Waals surface area contributed by atoms with Crippen LogP contribution in [0.25, 0.3) is 0 Å². The van der Waals surface area contributed by atoms with Crippen LogP contribution in [0.5, 0.6) is 0 Å². The second kappa shape index (κ2) is 5.54. The van der Waals surface area contributed by atoms with Crippen LogP contribution in [0, 0.1) is 22.7 Å². The van der Waals surface area contributed by atoms with Crippen LogP contribution in [0.4, 0.5) is 4.39 Å². The lowest BCUT2D eigenvalue weighted by atomic mass is 9.53. The van der Waals surface area contributed by atoms with Gasteiger partial charge in [0, 0.05) is 18.2 Å². The van der Waals surface area contributed by atoms with E-state index in [-0.39, 0.29) is 12.1 Å². The fourth-order valence-electron chi connectivity index (χ4n) is 4.38. The lowest BCUT2D eigenvalue weighted by Crippen LogP contribution is -2.48. The molecule has 0 bridgehead atoms. The number of nitrogens with zero attached hydrogens (tertiary/aromatic N) is 1. The van der Waals surface area contributed by atoms with Gasteiger partial charge in [-0.2, -0.15) is 0 Å². The molecule has 0 aromatic heterocycles. The van der Waals surface area contributed by atoms with Crippen LogP contribution in [-0.4, -0.2) is 19.4 Å². The number of aliphatic imine (C=N–C) groups is 1. The molecule has 1 spiro atoms. The smallest absolute Gasteiger partial charge is 0.0945 e. The first-order valence-corrected chi connectivity index (χ1v) is 7.99. The first-order chi connectivity index (χ1) is 8.96. The number of hydrogen-bond acceptors (Lipinski definition) is 1. The van der Waals surface area contributed by atoms with Gasteiger partial charge in [-0.1, -0.05) is 33.6 Å². The van der Waals surface area contributed by atoms with Crippen molar-refractivity contribution >= 4 is 5.71 Å². The Bertz CT molecular complexity index is 341. The summed E-state index contributed by atoms with van der Waals surface area (Å²) < 4.78 is 13.2. The molecular formula is C17H30FN. The van der Waals surface area contributed by atoms with Gasteiger partial charge in [0.1, 0.15) is 0 Å².